The van der Waals surface area contributed by atoms with Crippen molar-refractivity contribution in [3.05, 3.63) is 53.7 Å². The van der Waals surface area contributed by atoms with E-state index >= 15 is 0 Å². The predicted octanol–water partition coefficient (Wildman–Crippen LogP) is -0.275. The van der Waals surface area contributed by atoms with Crippen LogP contribution >= 0.6 is 12.4 Å². The van der Waals surface area contributed by atoms with Gasteiger partial charge in [-0.05, 0) is 31.4 Å². The van der Waals surface area contributed by atoms with Crippen LogP contribution in [-0.2, 0) is 31.5 Å². The van der Waals surface area contributed by atoms with Crippen LogP contribution in [0.3, 0.4) is 0 Å². The van der Waals surface area contributed by atoms with Crippen LogP contribution < -0.4 is 28.0 Å². The molecule has 3 aromatic rings. The molecule has 2 aromatic heterocycles. The first-order valence-electron chi connectivity index (χ1n) is 11.2. The molecular formula is C24H33Cl2N5O3. The maximum Gasteiger partial charge on any atom is 0.410 e. The molecular weight excluding hydrogens is 477 g/mol. The Morgan fingerprint density at radius 2 is 2.09 bits per heavy atom. The lowest BCUT2D eigenvalue weighted by molar-refractivity contribution is -0.732. The van der Waals surface area contributed by atoms with Gasteiger partial charge in [0.05, 0.1) is 5.92 Å². The van der Waals surface area contributed by atoms with Crippen molar-refractivity contribution < 1.29 is 31.3 Å². The molecule has 34 heavy (non-hydrogen) atoms. The summed E-state index contributed by atoms with van der Waals surface area (Å²) in [5, 5.41) is 3.76. The summed E-state index contributed by atoms with van der Waals surface area (Å²) in [6.45, 7) is 5.66. The number of hydrogen-bond acceptors (Lipinski definition) is 4. The summed E-state index contributed by atoms with van der Waals surface area (Å²) in [4.78, 5) is 25.3. The van der Waals surface area contributed by atoms with Crippen molar-refractivity contribution in [2.45, 2.75) is 40.0 Å². The maximum atomic E-state index is 13.4. The van der Waals surface area contributed by atoms with Crippen LogP contribution in [0.15, 0.2) is 36.7 Å². The summed E-state index contributed by atoms with van der Waals surface area (Å²) < 4.78 is 11.4. The number of ether oxygens (including phenoxy) is 1. The van der Waals surface area contributed by atoms with Crippen molar-refractivity contribution in [1.29, 1.82) is 0 Å². The molecule has 0 aliphatic heterocycles. The number of hydrogen-bond donors (Lipinski definition) is 2. The van der Waals surface area contributed by atoms with Gasteiger partial charge in [0.1, 0.15) is 18.9 Å². The predicted molar refractivity (Wildman–Crippen MR) is 128 cm³/mol. The zero-order valence-electron chi connectivity index (χ0n) is 19.8. The number of imidazole rings is 1. The molecule has 2 unspecified atom stereocenters. The fraction of sp³-hybridized carbons (Fsp3) is 0.458. The van der Waals surface area contributed by atoms with E-state index in [1.807, 2.05) is 56.1 Å². The highest BCUT2D eigenvalue weighted by Crippen LogP contribution is 2.34. The van der Waals surface area contributed by atoms with Crippen molar-refractivity contribution in [3.8, 4) is 0 Å². The second-order valence-electron chi connectivity index (χ2n) is 8.75. The minimum atomic E-state index is -0.462. The number of benzene rings is 1. The van der Waals surface area contributed by atoms with Gasteiger partial charge in [0.2, 0.25) is 6.73 Å². The maximum absolute atomic E-state index is 13.4. The lowest BCUT2D eigenvalue weighted by Crippen LogP contribution is -3.00. The molecule has 186 valence electrons. The van der Waals surface area contributed by atoms with E-state index in [0.29, 0.717) is 19.6 Å². The molecule has 10 heteroatoms. The second kappa shape index (κ2) is 11.7. The fourth-order valence-electron chi connectivity index (χ4n) is 4.46. The number of halogens is 2. The van der Waals surface area contributed by atoms with Gasteiger partial charge in [-0.2, -0.15) is 4.57 Å². The molecule has 0 spiro atoms. The normalized spacial score (nSPS) is 15.8. The number of aromatic nitrogens is 3. The topological polar surface area (TPSA) is 95.2 Å². The summed E-state index contributed by atoms with van der Waals surface area (Å²) >= 11 is 0. The first kappa shape index (κ1) is 27.7. The minimum Gasteiger partial charge on any atom is -1.00 e. The Bertz CT molecular complexity index is 1160. The van der Waals surface area contributed by atoms with Gasteiger partial charge in [-0.25, -0.2) is 9.36 Å². The Hall–Kier alpha value is -2.55. The number of carbonyl (C=O) groups is 2. The number of amides is 1. The molecule has 4 rings (SSSR count). The first-order chi connectivity index (χ1) is 15.4. The van der Waals surface area contributed by atoms with Crippen LogP contribution in [-0.4, -0.2) is 34.1 Å². The number of ketones is 1. The van der Waals surface area contributed by atoms with Gasteiger partial charge in [-0.1, -0.05) is 25.1 Å². The number of alkyl carbamates (subject to hydrolysis) is 1. The lowest BCUT2D eigenvalue weighted by Gasteiger charge is -2.21. The Balaban J connectivity index is 0.00000204. The van der Waals surface area contributed by atoms with E-state index in [1.165, 1.54) is 0 Å². The standard InChI is InChI=1S/C24H31N5O3.2ClH/c1-16(12-25)13-26-24(31)32-15-29-11-10-28(17(29)2)14-18-8-9-21-22(23(18)30)19-6-4-5-7-20(19)27(21)3;;/h4-7,10-11,16,18H,8-9,12-15,25H2,1-3H3;2*1H. The smallest absolute Gasteiger partial charge is 0.410 e. The van der Waals surface area contributed by atoms with Crippen LogP contribution in [0.2, 0.25) is 0 Å². The van der Waals surface area contributed by atoms with Gasteiger partial charge in [0.15, 0.2) is 5.78 Å². The number of aryl methyl sites for hydroxylation is 1. The van der Waals surface area contributed by atoms with Gasteiger partial charge >= 0.3 is 6.09 Å². The SMILES string of the molecule is Cc1n(CC2CCc3c(c4ccccc4n3C)C2=O)cc[n+]1COC(=O)NCC(C)CN.Cl.[Cl-]. The minimum absolute atomic E-state index is 0. The van der Waals surface area contributed by atoms with Crippen molar-refractivity contribution in [2.75, 3.05) is 13.1 Å². The Morgan fingerprint density at radius 3 is 2.82 bits per heavy atom. The molecule has 1 aliphatic rings. The van der Waals surface area contributed by atoms with E-state index in [0.717, 1.165) is 40.8 Å². The number of nitrogens with two attached hydrogens (primary N) is 1. The summed E-state index contributed by atoms with van der Waals surface area (Å²) in [5.74, 6) is 1.28. The number of carbonyl (C=O) groups excluding carboxylic acids is 2. The average Bonchev–Trinajstić information content (AvgIpc) is 3.30. The number of nitrogens with zero attached hydrogens (tertiary/aromatic N) is 3. The van der Waals surface area contributed by atoms with Crippen molar-refractivity contribution in [1.82, 2.24) is 14.5 Å². The van der Waals surface area contributed by atoms with Crippen LogP contribution in [0.1, 0.15) is 35.2 Å². The highest BCUT2D eigenvalue weighted by molar-refractivity contribution is 6.11. The molecule has 3 N–H and O–H groups in total. The van der Waals surface area contributed by atoms with Gasteiger partial charge in [-0.3, -0.25) is 4.79 Å². The Kier molecular flexibility index (Phi) is 9.55. The Morgan fingerprint density at radius 1 is 1.35 bits per heavy atom. The molecule has 0 saturated heterocycles. The van der Waals surface area contributed by atoms with Gasteiger partial charge in [0.25, 0.3) is 5.82 Å². The van der Waals surface area contributed by atoms with Crippen LogP contribution in [0.5, 0.6) is 0 Å². The van der Waals surface area contributed by atoms with Crippen molar-refractivity contribution in [2.24, 2.45) is 24.6 Å². The number of nitrogens with one attached hydrogen (secondary N) is 1. The van der Waals surface area contributed by atoms with E-state index in [4.69, 9.17) is 10.5 Å². The number of rotatable bonds is 7. The molecule has 0 saturated carbocycles. The highest BCUT2D eigenvalue weighted by Gasteiger charge is 2.33. The number of para-hydroxylation sites is 1. The summed E-state index contributed by atoms with van der Waals surface area (Å²) in [6, 6.07) is 8.12. The highest BCUT2D eigenvalue weighted by atomic mass is 35.5. The third-order valence-electron chi connectivity index (χ3n) is 6.58. The molecule has 0 bridgehead atoms. The second-order valence-corrected chi connectivity index (χ2v) is 8.75. The lowest BCUT2D eigenvalue weighted by atomic mass is 9.85. The monoisotopic (exact) mass is 509 g/mol. The van der Waals surface area contributed by atoms with Gasteiger partial charge in [0, 0.05) is 42.7 Å². The third kappa shape index (κ3) is 5.40. The largest absolute Gasteiger partial charge is 1.00 e. The zero-order valence-corrected chi connectivity index (χ0v) is 21.4. The molecule has 2 heterocycles. The molecule has 8 nitrogen and oxygen atoms in total. The summed E-state index contributed by atoms with van der Waals surface area (Å²) in [7, 11) is 2.04. The quantitative estimate of drug-likeness (QED) is 0.428. The molecule has 1 aromatic carbocycles. The Labute approximate surface area is 212 Å². The van der Waals surface area contributed by atoms with Crippen molar-refractivity contribution in [3.63, 3.8) is 0 Å². The van der Waals surface area contributed by atoms with Crippen molar-refractivity contribution >= 4 is 35.2 Å². The van der Waals surface area contributed by atoms with Crippen LogP contribution in [0.25, 0.3) is 10.9 Å². The van der Waals surface area contributed by atoms with E-state index in [9.17, 15) is 9.59 Å². The van der Waals surface area contributed by atoms with E-state index in [1.54, 1.807) is 0 Å². The van der Waals surface area contributed by atoms with Gasteiger partial charge < -0.3 is 32.8 Å². The average molecular weight is 510 g/mol. The molecule has 2 atom stereocenters. The first-order valence-corrected chi connectivity index (χ1v) is 11.2. The van der Waals surface area contributed by atoms with Crippen LogP contribution in [0, 0.1) is 18.8 Å². The van der Waals surface area contributed by atoms with E-state index < -0.39 is 6.09 Å². The summed E-state index contributed by atoms with van der Waals surface area (Å²) in [5.41, 5.74) is 8.69. The van der Waals surface area contributed by atoms with E-state index in [2.05, 4.69) is 20.5 Å². The zero-order chi connectivity index (χ0) is 22.8. The third-order valence-corrected chi connectivity index (χ3v) is 6.58. The molecule has 0 radical (unpaired) electrons. The summed E-state index contributed by atoms with van der Waals surface area (Å²) in [6.07, 6.45) is 5.07. The number of Topliss-reactive ketones (excluding diaryl/α,β-unsaturated/α-hetero) is 1. The van der Waals surface area contributed by atoms with Gasteiger partial charge in [-0.15, -0.1) is 12.4 Å². The molecule has 1 amide bonds. The van der Waals surface area contributed by atoms with E-state index in [-0.39, 0.29) is 49.2 Å². The van der Waals surface area contributed by atoms with Crippen LogP contribution in [0.4, 0.5) is 4.79 Å². The fourth-order valence-corrected chi connectivity index (χ4v) is 4.46. The molecule has 1 aliphatic carbocycles. The number of fused-ring (bicyclic) bond motifs is 3. The molecule has 0 fully saturated rings.